The Morgan fingerprint density at radius 1 is 0.950 bits per heavy atom. The first-order valence-corrected chi connectivity index (χ1v) is 8.63. The van der Waals surface area contributed by atoms with Crippen molar-refractivity contribution in [3.8, 4) is 0 Å². The maximum Gasteiger partial charge on any atom is 0.271 e. The van der Waals surface area contributed by atoms with E-state index in [1.807, 2.05) is 18.2 Å². The van der Waals surface area contributed by atoms with Crippen molar-refractivity contribution in [3.05, 3.63) is 35.9 Å². The van der Waals surface area contributed by atoms with Crippen LogP contribution in [-0.4, -0.2) is 44.6 Å². The Hall–Kier alpha value is 0.130. The molecule has 0 aromatic heterocycles. The summed E-state index contributed by atoms with van der Waals surface area (Å²) >= 11 is 0. The van der Waals surface area contributed by atoms with E-state index in [2.05, 4.69) is 6.92 Å². The molecule has 0 atom stereocenters. The topological polar surface area (TPSA) is 43.4 Å². The second-order valence-electron chi connectivity index (χ2n) is 4.78. The summed E-state index contributed by atoms with van der Waals surface area (Å²) in [5, 5.41) is 0. The van der Waals surface area contributed by atoms with Crippen LogP contribution in [0, 0.1) is 0 Å². The van der Waals surface area contributed by atoms with Crippen molar-refractivity contribution >= 4 is 39.7 Å². The van der Waals surface area contributed by atoms with Crippen molar-refractivity contribution in [3.63, 3.8) is 0 Å². The maximum atomic E-state index is 11.7. The molecule has 3 nitrogen and oxygen atoms in total. The fourth-order valence-electron chi connectivity index (χ4n) is 1.89. The van der Waals surface area contributed by atoms with Crippen molar-refractivity contribution in [1.82, 2.24) is 0 Å². The first-order valence-electron chi connectivity index (χ1n) is 7.05. The summed E-state index contributed by atoms with van der Waals surface area (Å²) in [6, 6.07) is 9.13. The number of rotatable bonds is 10. The zero-order valence-electron chi connectivity index (χ0n) is 12.7. The molecule has 0 unspecified atom stereocenters. The van der Waals surface area contributed by atoms with Gasteiger partial charge in [-0.15, -0.1) is 0 Å². The summed E-state index contributed by atoms with van der Waals surface area (Å²) in [5.74, 6) is -0.0380. The van der Waals surface area contributed by atoms with Gasteiger partial charge in [-0.2, -0.15) is 8.42 Å². The van der Waals surface area contributed by atoms with Gasteiger partial charge in [0.2, 0.25) is 0 Å². The molecule has 0 heterocycles. The van der Waals surface area contributed by atoms with Crippen molar-refractivity contribution in [1.29, 1.82) is 0 Å². The smallest absolute Gasteiger partial charge is 0.270 e. The van der Waals surface area contributed by atoms with Crippen molar-refractivity contribution in [2.45, 2.75) is 51.2 Å². The Labute approximate surface area is 145 Å². The van der Waals surface area contributed by atoms with Gasteiger partial charge in [-0.25, -0.2) is 0 Å². The van der Waals surface area contributed by atoms with E-state index in [9.17, 15) is 8.42 Å². The van der Waals surface area contributed by atoms with Crippen molar-refractivity contribution in [2.24, 2.45) is 0 Å². The first-order chi connectivity index (χ1) is 9.14. The summed E-state index contributed by atoms with van der Waals surface area (Å²) in [5.41, 5.74) is 0.769. The van der Waals surface area contributed by atoms with Crippen LogP contribution < -0.4 is 0 Å². The Morgan fingerprint density at radius 3 is 2.20 bits per heavy atom. The molecular weight excluding hydrogens is 283 g/mol. The Bertz CT molecular complexity index is 432. The van der Waals surface area contributed by atoms with E-state index in [1.54, 1.807) is 12.1 Å². The fourth-order valence-corrected chi connectivity index (χ4v) is 2.94. The van der Waals surface area contributed by atoms with Crippen LogP contribution in [0.5, 0.6) is 0 Å². The summed E-state index contributed by atoms with van der Waals surface area (Å²) in [4.78, 5) is 0. The zero-order valence-corrected chi connectivity index (χ0v) is 15.5. The van der Waals surface area contributed by atoms with Gasteiger partial charge in [0.05, 0.1) is 6.61 Å². The van der Waals surface area contributed by atoms with Gasteiger partial charge in [-0.1, -0.05) is 69.4 Å². The van der Waals surface area contributed by atoms with Crippen LogP contribution in [0.15, 0.2) is 30.3 Å². The molecule has 1 rings (SSSR count). The second-order valence-corrected chi connectivity index (χ2v) is 6.42. The minimum atomic E-state index is -3.43. The minimum absolute atomic E-state index is 0. The third kappa shape index (κ3) is 9.94. The summed E-state index contributed by atoms with van der Waals surface area (Å²) in [6.45, 7) is 2.49. The summed E-state index contributed by atoms with van der Waals surface area (Å²) < 4.78 is 28.4. The Kier molecular flexibility index (Phi) is 11.8. The van der Waals surface area contributed by atoms with Gasteiger partial charge in [0.15, 0.2) is 0 Å². The first kappa shape index (κ1) is 20.1. The molecule has 1 aromatic rings. The molecule has 0 spiro atoms. The van der Waals surface area contributed by atoms with Crippen molar-refractivity contribution in [2.75, 3.05) is 6.61 Å². The van der Waals surface area contributed by atoms with Crippen LogP contribution in [0.1, 0.15) is 51.0 Å². The predicted octanol–water partition coefficient (Wildman–Crippen LogP) is 3.51. The molecule has 0 aliphatic rings. The Balaban J connectivity index is 0.00000361. The number of unbranched alkanes of at least 4 members (excludes halogenated alkanes) is 5. The largest absolute Gasteiger partial charge is 0.271 e. The number of benzene rings is 1. The van der Waals surface area contributed by atoms with Crippen LogP contribution in [0.2, 0.25) is 0 Å². The molecule has 1 aromatic carbocycles. The molecule has 109 valence electrons. The summed E-state index contributed by atoms with van der Waals surface area (Å²) in [7, 11) is -3.43. The molecule has 0 amide bonds. The Morgan fingerprint density at radius 2 is 1.55 bits per heavy atom. The van der Waals surface area contributed by atoms with Crippen LogP contribution in [-0.2, 0) is 20.1 Å². The van der Waals surface area contributed by atoms with Gasteiger partial charge in [0, 0.05) is 29.6 Å². The molecule has 0 aliphatic heterocycles. The average Bonchev–Trinajstić information content (AvgIpc) is 2.38. The molecule has 0 aliphatic carbocycles. The molecule has 0 N–H and O–H groups in total. The molecular formula is C15H24NaO3S. The van der Waals surface area contributed by atoms with E-state index in [0.29, 0.717) is 6.61 Å². The maximum absolute atomic E-state index is 11.7. The molecule has 5 heteroatoms. The fraction of sp³-hybridized carbons (Fsp3) is 0.600. The standard InChI is InChI=1S/C15H24O3S.Na/c1-2-3-4-5-6-10-13-18-19(16,17)14-15-11-8-7-9-12-15;/h7-9,11-12H,2-6,10,13-14H2,1H3;. The normalized spacial score (nSPS) is 11.1. The molecule has 20 heavy (non-hydrogen) atoms. The number of hydrogen-bond acceptors (Lipinski definition) is 3. The monoisotopic (exact) mass is 307 g/mol. The quantitative estimate of drug-likeness (QED) is 0.377. The van der Waals surface area contributed by atoms with E-state index in [-0.39, 0.29) is 35.3 Å². The average molecular weight is 307 g/mol. The van der Waals surface area contributed by atoms with Crippen LogP contribution >= 0.6 is 0 Å². The van der Waals surface area contributed by atoms with Gasteiger partial charge in [0.1, 0.15) is 5.75 Å². The van der Waals surface area contributed by atoms with E-state index in [4.69, 9.17) is 4.18 Å². The van der Waals surface area contributed by atoms with Crippen LogP contribution in [0.3, 0.4) is 0 Å². The van der Waals surface area contributed by atoms with Crippen molar-refractivity contribution < 1.29 is 12.6 Å². The van der Waals surface area contributed by atoms with Gasteiger partial charge in [0.25, 0.3) is 10.1 Å². The third-order valence-corrected chi connectivity index (χ3v) is 4.16. The van der Waals surface area contributed by atoms with Gasteiger partial charge < -0.3 is 0 Å². The molecule has 0 saturated carbocycles. The molecule has 1 radical (unpaired) electrons. The van der Waals surface area contributed by atoms with E-state index in [0.717, 1.165) is 24.8 Å². The summed E-state index contributed by atoms with van der Waals surface area (Å²) in [6.07, 6.45) is 6.73. The van der Waals surface area contributed by atoms with E-state index < -0.39 is 10.1 Å². The SMILES string of the molecule is CCCCCCCCOS(=O)(=O)Cc1ccccc1.[Na]. The predicted molar refractivity (Wildman–Crippen MR) is 84.1 cm³/mol. The van der Waals surface area contributed by atoms with Crippen LogP contribution in [0.25, 0.3) is 0 Å². The molecule has 0 fully saturated rings. The number of hydrogen-bond donors (Lipinski definition) is 0. The third-order valence-electron chi connectivity index (χ3n) is 2.95. The molecule has 0 bridgehead atoms. The van der Waals surface area contributed by atoms with E-state index in [1.165, 1.54) is 19.3 Å². The second kappa shape index (κ2) is 11.8. The van der Waals surface area contributed by atoms with E-state index >= 15 is 0 Å². The molecule has 0 saturated heterocycles. The van der Waals surface area contributed by atoms with Gasteiger partial charge in [-0.05, 0) is 12.0 Å². The van der Waals surface area contributed by atoms with Crippen LogP contribution in [0.4, 0.5) is 0 Å². The van der Waals surface area contributed by atoms with Gasteiger partial charge in [-0.3, -0.25) is 4.18 Å². The van der Waals surface area contributed by atoms with Gasteiger partial charge >= 0.3 is 0 Å². The zero-order chi connectivity index (χ0) is 14.0. The minimum Gasteiger partial charge on any atom is -0.270 e.